The maximum atomic E-state index is 13.2. The first-order valence-corrected chi connectivity index (χ1v) is 10.4. The topological polar surface area (TPSA) is 151 Å². The Morgan fingerprint density at radius 3 is 2.53 bits per heavy atom. The number of carbonyl (C=O) groups excluding carboxylic acids is 1. The predicted molar refractivity (Wildman–Crippen MR) is 122 cm³/mol. The number of halogens is 2. The van der Waals surface area contributed by atoms with Crippen LogP contribution in [0.3, 0.4) is 0 Å². The summed E-state index contributed by atoms with van der Waals surface area (Å²) in [6.45, 7) is 1.48. The SMILES string of the molecule is C[C@@H](NC(=O)c1ccc(=O)n(-c2cncc(-c3cnnn3C)c2)n1)c1cc(C(F)F)cc([N+](=O)[O-])c1. The molecule has 36 heavy (non-hydrogen) atoms. The van der Waals surface area contributed by atoms with Gasteiger partial charge < -0.3 is 5.32 Å². The number of nitrogens with zero attached hydrogens (tertiary/aromatic N) is 7. The van der Waals surface area contributed by atoms with E-state index < -0.39 is 40.1 Å². The number of alkyl halides is 2. The van der Waals surface area contributed by atoms with Crippen LogP contribution in [0, 0.1) is 10.1 Å². The Labute approximate surface area is 201 Å². The van der Waals surface area contributed by atoms with Crippen molar-refractivity contribution in [1.29, 1.82) is 0 Å². The quantitative estimate of drug-likeness (QED) is 0.303. The fraction of sp³-hybridized carbons (Fsp3) is 0.182. The summed E-state index contributed by atoms with van der Waals surface area (Å²) in [7, 11) is 1.69. The summed E-state index contributed by atoms with van der Waals surface area (Å²) in [4.78, 5) is 39.8. The summed E-state index contributed by atoms with van der Waals surface area (Å²) >= 11 is 0. The molecule has 1 amide bonds. The van der Waals surface area contributed by atoms with Gasteiger partial charge in [-0.15, -0.1) is 5.10 Å². The molecule has 0 saturated carbocycles. The molecule has 0 aliphatic carbocycles. The highest BCUT2D eigenvalue weighted by molar-refractivity contribution is 5.92. The van der Waals surface area contributed by atoms with Gasteiger partial charge in [0.15, 0.2) is 0 Å². The average Bonchev–Trinajstić information content (AvgIpc) is 3.29. The molecule has 14 heteroatoms. The molecule has 12 nitrogen and oxygen atoms in total. The first-order valence-electron chi connectivity index (χ1n) is 10.4. The van der Waals surface area contributed by atoms with Crippen LogP contribution in [0.15, 0.2) is 59.8 Å². The minimum absolute atomic E-state index is 0.114. The lowest BCUT2D eigenvalue weighted by molar-refractivity contribution is -0.385. The number of non-ortho nitro benzene ring substituents is 1. The van der Waals surface area contributed by atoms with E-state index in [2.05, 4.69) is 25.7 Å². The second kappa shape index (κ2) is 9.77. The molecule has 0 unspecified atom stereocenters. The van der Waals surface area contributed by atoms with Gasteiger partial charge in [-0.25, -0.2) is 13.5 Å². The summed E-state index contributed by atoms with van der Waals surface area (Å²) in [6, 6.07) is 6.08. The number of hydrogen-bond donors (Lipinski definition) is 1. The van der Waals surface area contributed by atoms with Crippen molar-refractivity contribution in [2.75, 3.05) is 0 Å². The van der Waals surface area contributed by atoms with Gasteiger partial charge in [-0.3, -0.25) is 24.7 Å². The number of carbonyl (C=O) groups is 1. The second-order valence-corrected chi connectivity index (χ2v) is 7.75. The van der Waals surface area contributed by atoms with Crippen molar-refractivity contribution in [2.24, 2.45) is 7.05 Å². The van der Waals surface area contributed by atoms with Crippen LogP contribution in [-0.2, 0) is 7.05 Å². The van der Waals surface area contributed by atoms with E-state index in [1.165, 1.54) is 30.1 Å². The van der Waals surface area contributed by atoms with Gasteiger partial charge in [0.2, 0.25) is 0 Å². The van der Waals surface area contributed by atoms with Crippen molar-refractivity contribution in [1.82, 2.24) is 35.1 Å². The Kier molecular flexibility index (Phi) is 6.58. The normalized spacial score (nSPS) is 11.9. The van der Waals surface area contributed by atoms with Crippen molar-refractivity contribution >= 4 is 11.6 Å². The van der Waals surface area contributed by atoms with Crippen LogP contribution in [0.1, 0.15) is 41.0 Å². The van der Waals surface area contributed by atoms with Gasteiger partial charge in [-0.1, -0.05) is 5.21 Å². The van der Waals surface area contributed by atoms with Gasteiger partial charge in [0, 0.05) is 42.6 Å². The van der Waals surface area contributed by atoms with Crippen LogP contribution in [0.25, 0.3) is 16.9 Å². The standard InChI is InChI=1S/C22H18F2N8O4/c1-12(13-5-14(21(23)24)7-16(6-13)32(35)36)27-22(34)18-3-4-20(33)31(28-18)17-8-15(9-25-10-17)19-11-26-29-30(19)2/h3-12,21H,1-2H3,(H,27,34)/t12-/m1/s1. The van der Waals surface area contributed by atoms with Crippen molar-refractivity contribution in [3.05, 3.63) is 92.3 Å². The van der Waals surface area contributed by atoms with Gasteiger partial charge >= 0.3 is 0 Å². The number of amides is 1. The van der Waals surface area contributed by atoms with Gasteiger partial charge in [0.25, 0.3) is 23.6 Å². The zero-order chi connectivity index (χ0) is 26.0. The van der Waals surface area contributed by atoms with E-state index in [-0.39, 0.29) is 16.9 Å². The van der Waals surface area contributed by atoms with Crippen LogP contribution in [-0.4, -0.2) is 40.6 Å². The lowest BCUT2D eigenvalue weighted by atomic mass is 10.0. The number of hydrogen-bond acceptors (Lipinski definition) is 8. The van der Waals surface area contributed by atoms with E-state index in [1.54, 1.807) is 19.3 Å². The smallest absolute Gasteiger partial charge is 0.272 e. The Morgan fingerprint density at radius 1 is 1.11 bits per heavy atom. The molecular weight excluding hydrogens is 478 g/mol. The molecule has 1 atom stereocenters. The molecule has 4 aromatic rings. The van der Waals surface area contributed by atoms with E-state index in [0.717, 1.165) is 28.9 Å². The molecule has 184 valence electrons. The summed E-state index contributed by atoms with van der Waals surface area (Å²) < 4.78 is 28.9. The third-order valence-corrected chi connectivity index (χ3v) is 5.28. The molecule has 0 bridgehead atoms. The van der Waals surface area contributed by atoms with Crippen LogP contribution < -0.4 is 10.9 Å². The van der Waals surface area contributed by atoms with E-state index in [4.69, 9.17) is 0 Å². The first-order chi connectivity index (χ1) is 17.1. The summed E-state index contributed by atoms with van der Waals surface area (Å²) in [5.41, 5.74) is -0.0903. The monoisotopic (exact) mass is 496 g/mol. The molecule has 1 N–H and O–H groups in total. The highest BCUT2D eigenvalue weighted by atomic mass is 19.3. The number of rotatable bonds is 7. The van der Waals surface area contributed by atoms with Crippen molar-refractivity contribution in [3.63, 3.8) is 0 Å². The van der Waals surface area contributed by atoms with Gasteiger partial charge in [-0.05, 0) is 30.7 Å². The molecule has 0 aliphatic rings. The Balaban J connectivity index is 1.62. The molecule has 0 fully saturated rings. The molecule has 0 radical (unpaired) electrons. The minimum Gasteiger partial charge on any atom is -0.344 e. The van der Waals surface area contributed by atoms with Crippen molar-refractivity contribution in [3.8, 4) is 16.9 Å². The number of pyridine rings is 1. The largest absolute Gasteiger partial charge is 0.344 e. The number of benzene rings is 1. The van der Waals surface area contributed by atoms with E-state index in [0.29, 0.717) is 11.3 Å². The van der Waals surface area contributed by atoms with E-state index in [1.807, 2.05) is 0 Å². The average molecular weight is 496 g/mol. The second-order valence-electron chi connectivity index (χ2n) is 7.75. The van der Waals surface area contributed by atoms with Gasteiger partial charge in [-0.2, -0.15) is 9.78 Å². The van der Waals surface area contributed by atoms with Gasteiger partial charge in [0.05, 0.1) is 34.7 Å². The van der Waals surface area contributed by atoms with E-state index >= 15 is 0 Å². The molecular formula is C22H18F2N8O4. The van der Waals surface area contributed by atoms with Crippen LogP contribution >= 0.6 is 0 Å². The summed E-state index contributed by atoms with van der Waals surface area (Å²) in [5.74, 6) is -0.721. The highest BCUT2D eigenvalue weighted by Crippen LogP contribution is 2.28. The van der Waals surface area contributed by atoms with Crippen molar-refractivity contribution < 1.29 is 18.5 Å². The number of aromatic nitrogens is 6. The Bertz CT molecular complexity index is 1520. The minimum atomic E-state index is -2.93. The number of nitro groups is 1. The lowest BCUT2D eigenvalue weighted by Crippen LogP contribution is -2.30. The van der Waals surface area contributed by atoms with E-state index in [9.17, 15) is 28.5 Å². The number of nitro benzene ring substituents is 1. The van der Waals surface area contributed by atoms with Crippen LogP contribution in [0.4, 0.5) is 14.5 Å². The Morgan fingerprint density at radius 2 is 1.86 bits per heavy atom. The number of nitrogens with one attached hydrogen (secondary N) is 1. The molecule has 0 aliphatic heterocycles. The Hall–Kier alpha value is -4.88. The van der Waals surface area contributed by atoms with Crippen molar-refractivity contribution in [2.45, 2.75) is 19.4 Å². The molecule has 3 aromatic heterocycles. The van der Waals surface area contributed by atoms with Crippen LogP contribution in [0.2, 0.25) is 0 Å². The van der Waals surface area contributed by atoms with Gasteiger partial charge in [0.1, 0.15) is 5.69 Å². The molecule has 1 aromatic carbocycles. The summed E-state index contributed by atoms with van der Waals surface area (Å²) in [5, 5.41) is 25.5. The predicted octanol–water partition coefficient (Wildman–Crippen LogP) is 2.76. The lowest BCUT2D eigenvalue weighted by Gasteiger charge is -2.15. The third kappa shape index (κ3) is 4.96. The first kappa shape index (κ1) is 24.3. The molecule has 0 spiro atoms. The fourth-order valence-corrected chi connectivity index (χ4v) is 3.45. The maximum Gasteiger partial charge on any atom is 0.272 e. The zero-order valence-electron chi connectivity index (χ0n) is 18.9. The number of aryl methyl sites for hydroxylation is 1. The van der Waals surface area contributed by atoms with Crippen LogP contribution in [0.5, 0.6) is 0 Å². The molecule has 0 saturated heterocycles. The fourth-order valence-electron chi connectivity index (χ4n) is 3.45. The highest BCUT2D eigenvalue weighted by Gasteiger charge is 2.20. The molecule has 3 heterocycles. The maximum absolute atomic E-state index is 13.2. The molecule has 4 rings (SSSR count). The third-order valence-electron chi connectivity index (χ3n) is 5.28. The zero-order valence-corrected chi connectivity index (χ0v) is 18.9. The summed E-state index contributed by atoms with van der Waals surface area (Å²) in [6.07, 6.45) is 1.54.